The Labute approximate surface area is 103 Å². The summed E-state index contributed by atoms with van der Waals surface area (Å²) in [6.07, 6.45) is 3.36. The summed E-state index contributed by atoms with van der Waals surface area (Å²) >= 11 is 0. The lowest BCUT2D eigenvalue weighted by Gasteiger charge is -2.10. The maximum absolute atomic E-state index is 11.4. The number of benzene rings is 1. The Morgan fingerprint density at radius 1 is 1.35 bits per heavy atom. The molecule has 0 fully saturated rings. The van der Waals surface area contributed by atoms with E-state index in [9.17, 15) is 4.79 Å². The highest BCUT2D eigenvalue weighted by Crippen LogP contribution is 2.03. The molecule has 3 heteroatoms. The number of aryl methyl sites for hydroxylation is 1. The average Bonchev–Trinajstić information content (AvgIpc) is 2.36. The molecule has 94 valence electrons. The van der Waals surface area contributed by atoms with Gasteiger partial charge in [-0.1, -0.05) is 43.7 Å². The van der Waals surface area contributed by atoms with Crippen LogP contribution >= 0.6 is 0 Å². The molecular formula is C14H21NO2. The van der Waals surface area contributed by atoms with Gasteiger partial charge in [0.2, 0.25) is 0 Å². The van der Waals surface area contributed by atoms with Gasteiger partial charge in [0.25, 0.3) is 0 Å². The zero-order valence-corrected chi connectivity index (χ0v) is 10.4. The molecule has 0 aliphatic heterocycles. The van der Waals surface area contributed by atoms with Crippen molar-refractivity contribution in [2.45, 2.75) is 38.6 Å². The minimum Gasteiger partial charge on any atom is -0.465 e. The number of ether oxygens (including phenoxy) is 1. The molecule has 0 spiro atoms. The van der Waals surface area contributed by atoms with E-state index >= 15 is 0 Å². The highest BCUT2D eigenvalue weighted by molar-refractivity contribution is 5.75. The van der Waals surface area contributed by atoms with Crippen LogP contribution in [-0.4, -0.2) is 18.6 Å². The van der Waals surface area contributed by atoms with Crippen molar-refractivity contribution in [3.05, 3.63) is 35.9 Å². The summed E-state index contributed by atoms with van der Waals surface area (Å²) in [7, 11) is 0. The maximum atomic E-state index is 11.4. The Hall–Kier alpha value is -1.35. The van der Waals surface area contributed by atoms with E-state index in [1.807, 2.05) is 25.1 Å². The SMILES string of the molecule is CCCC(N)C(=O)OCCCc1ccccc1. The normalized spacial score (nSPS) is 12.1. The molecule has 1 aromatic carbocycles. The summed E-state index contributed by atoms with van der Waals surface area (Å²) in [6.45, 7) is 2.45. The van der Waals surface area contributed by atoms with Crippen LogP contribution in [0.2, 0.25) is 0 Å². The van der Waals surface area contributed by atoms with Gasteiger partial charge in [0, 0.05) is 0 Å². The Morgan fingerprint density at radius 2 is 2.06 bits per heavy atom. The number of hydrogen-bond donors (Lipinski definition) is 1. The van der Waals surface area contributed by atoms with Gasteiger partial charge in [-0.05, 0) is 24.8 Å². The zero-order valence-electron chi connectivity index (χ0n) is 10.4. The molecule has 0 radical (unpaired) electrons. The second-order valence-corrected chi connectivity index (χ2v) is 4.15. The highest BCUT2D eigenvalue weighted by Gasteiger charge is 2.12. The van der Waals surface area contributed by atoms with E-state index < -0.39 is 6.04 Å². The number of nitrogens with two attached hydrogens (primary N) is 1. The molecule has 0 saturated carbocycles. The third-order valence-corrected chi connectivity index (χ3v) is 2.60. The van der Waals surface area contributed by atoms with E-state index in [0.717, 1.165) is 19.3 Å². The molecule has 1 aromatic rings. The van der Waals surface area contributed by atoms with Gasteiger partial charge in [-0.3, -0.25) is 4.79 Å². The van der Waals surface area contributed by atoms with E-state index in [0.29, 0.717) is 13.0 Å². The molecule has 0 aromatic heterocycles. The van der Waals surface area contributed by atoms with Gasteiger partial charge in [0.05, 0.1) is 6.61 Å². The van der Waals surface area contributed by atoms with Crippen LogP contribution in [0.1, 0.15) is 31.7 Å². The molecule has 1 unspecified atom stereocenters. The fourth-order valence-corrected chi connectivity index (χ4v) is 1.63. The smallest absolute Gasteiger partial charge is 0.322 e. The van der Waals surface area contributed by atoms with Crippen molar-refractivity contribution in [1.29, 1.82) is 0 Å². The van der Waals surface area contributed by atoms with E-state index in [4.69, 9.17) is 10.5 Å². The molecule has 1 rings (SSSR count). The number of carbonyl (C=O) groups excluding carboxylic acids is 1. The fourth-order valence-electron chi connectivity index (χ4n) is 1.63. The molecule has 1 atom stereocenters. The van der Waals surface area contributed by atoms with Gasteiger partial charge < -0.3 is 10.5 Å². The lowest BCUT2D eigenvalue weighted by molar-refractivity contribution is -0.145. The molecule has 17 heavy (non-hydrogen) atoms. The number of hydrogen-bond acceptors (Lipinski definition) is 3. The minimum absolute atomic E-state index is 0.278. The molecule has 2 N–H and O–H groups in total. The lowest BCUT2D eigenvalue weighted by atomic mass is 10.1. The van der Waals surface area contributed by atoms with Crippen LogP contribution in [0.4, 0.5) is 0 Å². The molecule has 0 aliphatic rings. The first-order valence-corrected chi connectivity index (χ1v) is 6.20. The van der Waals surface area contributed by atoms with Crippen LogP contribution in [0.5, 0.6) is 0 Å². The fraction of sp³-hybridized carbons (Fsp3) is 0.500. The Balaban J connectivity index is 2.14. The number of carbonyl (C=O) groups is 1. The van der Waals surface area contributed by atoms with Gasteiger partial charge in [-0.15, -0.1) is 0 Å². The molecule has 0 heterocycles. The average molecular weight is 235 g/mol. The molecule has 0 saturated heterocycles. The summed E-state index contributed by atoms with van der Waals surface area (Å²) in [5.74, 6) is -0.278. The van der Waals surface area contributed by atoms with Crippen molar-refractivity contribution >= 4 is 5.97 Å². The highest BCUT2D eigenvalue weighted by atomic mass is 16.5. The largest absolute Gasteiger partial charge is 0.465 e. The summed E-state index contributed by atoms with van der Waals surface area (Å²) < 4.78 is 5.11. The minimum atomic E-state index is -0.461. The van der Waals surface area contributed by atoms with Crippen LogP contribution in [0, 0.1) is 0 Å². The molecular weight excluding hydrogens is 214 g/mol. The van der Waals surface area contributed by atoms with Crippen LogP contribution < -0.4 is 5.73 Å². The summed E-state index contributed by atoms with van der Waals surface area (Å²) in [4.78, 5) is 11.4. The Morgan fingerprint density at radius 3 is 2.71 bits per heavy atom. The monoisotopic (exact) mass is 235 g/mol. The predicted octanol–water partition coefficient (Wildman–Crippen LogP) is 2.29. The number of esters is 1. The van der Waals surface area contributed by atoms with Gasteiger partial charge in [-0.2, -0.15) is 0 Å². The van der Waals surface area contributed by atoms with Crippen molar-refractivity contribution in [1.82, 2.24) is 0 Å². The van der Waals surface area contributed by atoms with Crippen molar-refractivity contribution in [2.75, 3.05) is 6.61 Å². The first-order valence-electron chi connectivity index (χ1n) is 6.20. The topological polar surface area (TPSA) is 52.3 Å². The molecule has 0 amide bonds. The van der Waals surface area contributed by atoms with E-state index in [2.05, 4.69) is 12.1 Å². The van der Waals surface area contributed by atoms with E-state index in [1.54, 1.807) is 0 Å². The first-order chi connectivity index (χ1) is 8.24. The first kappa shape index (κ1) is 13.7. The third kappa shape index (κ3) is 5.50. The van der Waals surface area contributed by atoms with Gasteiger partial charge in [0.15, 0.2) is 0 Å². The van der Waals surface area contributed by atoms with Gasteiger partial charge in [-0.25, -0.2) is 0 Å². The van der Waals surface area contributed by atoms with Gasteiger partial charge in [0.1, 0.15) is 6.04 Å². The van der Waals surface area contributed by atoms with Crippen molar-refractivity contribution < 1.29 is 9.53 Å². The third-order valence-electron chi connectivity index (χ3n) is 2.60. The maximum Gasteiger partial charge on any atom is 0.322 e. The van der Waals surface area contributed by atoms with E-state index in [-0.39, 0.29) is 5.97 Å². The van der Waals surface area contributed by atoms with Crippen LogP contribution in [0.15, 0.2) is 30.3 Å². The van der Waals surface area contributed by atoms with Crippen LogP contribution in [-0.2, 0) is 16.0 Å². The molecule has 0 bridgehead atoms. The molecule has 3 nitrogen and oxygen atoms in total. The quantitative estimate of drug-likeness (QED) is 0.582. The number of rotatable bonds is 7. The van der Waals surface area contributed by atoms with Crippen molar-refractivity contribution in [3.63, 3.8) is 0 Å². The van der Waals surface area contributed by atoms with E-state index in [1.165, 1.54) is 5.56 Å². The second-order valence-electron chi connectivity index (χ2n) is 4.15. The summed E-state index contributed by atoms with van der Waals surface area (Å²) in [6, 6.07) is 9.70. The van der Waals surface area contributed by atoms with Crippen LogP contribution in [0.3, 0.4) is 0 Å². The molecule has 0 aliphatic carbocycles. The standard InChI is InChI=1S/C14H21NO2/c1-2-7-13(15)14(16)17-11-6-10-12-8-4-3-5-9-12/h3-5,8-9,13H,2,6-7,10-11,15H2,1H3. The Bertz CT molecular complexity index is 324. The second kappa shape index (κ2) is 7.85. The lowest BCUT2D eigenvalue weighted by Crippen LogP contribution is -2.32. The van der Waals surface area contributed by atoms with Crippen molar-refractivity contribution in [2.24, 2.45) is 5.73 Å². The predicted molar refractivity (Wildman–Crippen MR) is 68.6 cm³/mol. The Kier molecular flexibility index (Phi) is 6.33. The van der Waals surface area contributed by atoms with Crippen molar-refractivity contribution in [3.8, 4) is 0 Å². The van der Waals surface area contributed by atoms with Crippen LogP contribution in [0.25, 0.3) is 0 Å². The summed E-state index contributed by atoms with van der Waals surface area (Å²) in [5.41, 5.74) is 6.91. The zero-order chi connectivity index (χ0) is 12.5. The summed E-state index contributed by atoms with van der Waals surface area (Å²) in [5, 5.41) is 0. The van der Waals surface area contributed by atoms with Gasteiger partial charge >= 0.3 is 5.97 Å².